The Hall–Kier alpha value is -0.570. The summed E-state index contributed by atoms with van der Waals surface area (Å²) in [5, 5.41) is 4.35. The molecule has 16 heavy (non-hydrogen) atoms. The average Bonchev–Trinajstić information content (AvgIpc) is 2.32. The van der Waals surface area contributed by atoms with E-state index in [0.29, 0.717) is 6.04 Å². The molecule has 1 saturated heterocycles. The number of halogens is 1. The van der Waals surface area contributed by atoms with E-state index in [9.17, 15) is 0 Å². The van der Waals surface area contributed by atoms with E-state index in [1.165, 1.54) is 12.0 Å². The van der Waals surface area contributed by atoms with Gasteiger partial charge in [-0.05, 0) is 37.0 Å². The average molecular weight is 240 g/mol. The lowest BCUT2D eigenvalue weighted by atomic mass is 10.1. The van der Waals surface area contributed by atoms with E-state index in [4.69, 9.17) is 16.3 Å². The minimum Gasteiger partial charge on any atom is -0.380 e. The van der Waals surface area contributed by atoms with Crippen LogP contribution in [-0.4, -0.2) is 19.3 Å². The van der Waals surface area contributed by atoms with Crippen molar-refractivity contribution in [1.82, 2.24) is 5.32 Å². The van der Waals surface area contributed by atoms with Gasteiger partial charge in [0.1, 0.15) is 0 Å². The minimum absolute atomic E-state index is 0.494. The van der Waals surface area contributed by atoms with Gasteiger partial charge < -0.3 is 10.1 Å². The maximum atomic E-state index is 6.08. The van der Waals surface area contributed by atoms with Crippen LogP contribution in [0, 0.1) is 6.92 Å². The fraction of sp³-hybridized carbons (Fsp3) is 0.538. The second-order valence-electron chi connectivity index (χ2n) is 4.38. The molecule has 3 heteroatoms. The second kappa shape index (κ2) is 5.67. The summed E-state index contributed by atoms with van der Waals surface area (Å²) >= 11 is 6.08. The highest BCUT2D eigenvalue weighted by Gasteiger charge is 2.12. The number of rotatable bonds is 3. The first kappa shape index (κ1) is 11.9. The van der Waals surface area contributed by atoms with Gasteiger partial charge in [0.25, 0.3) is 0 Å². The molecule has 2 rings (SSSR count). The molecule has 1 atom stereocenters. The van der Waals surface area contributed by atoms with Gasteiger partial charge in [-0.1, -0.05) is 23.7 Å². The number of hydrogen-bond donors (Lipinski definition) is 1. The Morgan fingerprint density at radius 3 is 3.06 bits per heavy atom. The summed E-state index contributed by atoms with van der Waals surface area (Å²) in [4.78, 5) is 0. The Bertz CT molecular complexity index is 348. The van der Waals surface area contributed by atoms with Crippen molar-refractivity contribution >= 4 is 11.6 Å². The first-order valence-electron chi connectivity index (χ1n) is 5.82. The molecule has 88 valence electrons. The molecule has 1 aliphatic heterocycles. The third kappa shape index (κ3) is 3.21. The van der Waals surface area contributed by atoms with Gasteiger partial charge in [0.05, 0.1) is 6.61 Å². The maximum Gasteiger partial charge on any atom is 0.0619 e. The Morgan fingerprint density at radius 2 is 2.38 bits per heavy atom. The lowest BCUT2D eigenvalue weighted by molar-refractivity contribution is 0.0699. The summed E-state index contributed by atoms with van der Waals surface area (Å²) < 4.78 is 5.42. The summed E-state index contributed by atoms with van der Waals surface area (Å²) in [6.07, 6.45) is 2.37. The lowest BCUT2D eigenvalue weighted by Crippen LogP contribution is -2.36. The van der Waals surface area contributed by atoms with Crippen LogP contribution in [0.4, 0.5) is 0 Å². The molecule has 0 spiro atoms. The van der Waals surface area contributed by atoms with Gasteiger partial charge >= 0.3 is 0 Å². The molecule has 0 radical (unpaired) electrons. The number of ether oxygens (including phenoxy) is 1. The summed E-state index contributed by atoms with van der Waals surface area (Å²) in [5.74, 6) is 0. The van der Waals surface area contributed by atoms with Gasteiger partial charge in [-0.2, -0.15) is 0 Å². The summed E-state index contributed by atoms with van der Waals surface area (Å²) in [6, 6.07) is 6.72. The van der Waals surface area contributed by atoms with Gasteiger partial charge in [-0.3, -0.25) is 0 Å². The molecule has 1 aliphatic rings. The van der Waals surface area contributed by atoms with Crippen molar-refractivity contribution in [2.45, 2.75) is 32.4 Å². The molecule has 0 aromatic heterocycles. The first-order valence-corrected chi connectivity index (χ1v) is 6.19. The highest BCUT2D eigenvalue weighted by atomic mass is 35.5. The molecule has 0 bridgehead atoms. The fourth-order valence-electron chi connectivity index (χ4n) is 1.91. The highest BCUT2D eigenvalue weighted by molar-refractivity contribution is 6.31. The molecule has 1 fully saturated rings. The molecule has 1 N–H and O–H groups in total. The van der Waals surface area contributed by atoms with Gasteiger partial charge in [-0.15, -0.1) is 0 Å². The molecule has 1 heterocycles. The molecular weight excluding hydrogens is 222 g/mol. The standard InChI is InChI=1S/C13H18ClNO/c1-10-4-5-11(7-13(10)14)8-15-12-3-2-6-16-9-12/h4-5,7,12,15H,2-3,6,8-9H2,1H3. The highest BCUT2D eigenvalue weighted by Crippen LogP contribution is 2.17. The zero-order chi connectivity index (χ0) is 11.4. The molecule has 0 amide bonds. The zero-order valence-electron chi connectivity index (χ0n) is 9.63. The van der Waals surface area contributed by atoms with Gasteiger partial charge in [0.15, 0.2) is 0 Å². The second-order valence-corrected chi connectivity index (χ2v) is 4.79. The zero-order valence-corrected chi connectivity index (χ0v) is 10.4. The van der Waals surface area contributed by atoms with E-state index < -0.39 is 0 Å². The molecule has 0 aliphatic carbocycles. The predicted octanol–water partition coefficient (Wildman–Crippen LogP) is 2.92. The lowest BCUT2D eigenvalue weighted by Gasteiger charge is -2.23. The molecule has 2 nitrogen and oxygen atoms in total. The minimum atomic E-state index is 0.494. The Morgan fingerprint density at radius 1 is 1.50 bits per heavy atom. The van der Waals surface area contributed by atoms with Crippen molar-refractivity contribution in [3.8, 4) is 0 Å². The summed E-state index contributed by atoms with van der Waals surface area (Å²) in [5.41, 5.74) is 2.37. The van der Waals surface area contributed by atoms with E-state index in [1.54, 1.807) is 0 Å². The fourth-order valence-corrected chi connectivity index (χ4v) is 2.11. The largest absolute Gasteiger partial charge is 0.380 e. The smallest absolute Gasteiger partial charge is 0.0619 e. The van der Waals surface area contributed by atoms with Crippen LogP contribution < -0.4 is 5.32 Å². The molecule has 1 unspecified atom stereocenters. The number of benzene rings is 1. The van der Waals surface area contributed by atoms with E-state index in [1.807, 2.05) is 13.0 Å². The normalized spacial score (nSPS) is 21.0. The Kier molecular flexibility index (Phi) is 4.22. The van der Waals surface area contributed by atoms with Crippen molar-refractivity contribution < 1.29 is 4.74 Å². The predicted molar refractivity (Wildman–Crippen MR) is 66.9 cm³/mol. The third-order valence-electron chi connectivity index (χ3n) is 2.99. The van der Waals surface area contributed by atoms with Crippen molar-refractivity contribution in [3.63, 3.8) is 0 Å². The maximum absolute atomic E-state index is 6.08. The van der Waals surface area contributed by atoms with Crippen LogP contribution in [0.25, 0.3) is 0 Å². The van der Waals surface area contributed by atoms with Crippen molar-refractivity contribution in [1.29, 1.82) is 0 Å². The van der Waals surface area contributed by atoms with Gasteiger partial charge in [0.2, 0.25) is 0 Å². The SMILES string of the molecule is Cc1ccc(CNC2CCCOC2)cc1Cl. The van der Waals surface area contributed by atoms with Crippen LogP contribution >= 0.6 is 11.6 Å². The van der Waals surface area contributed by atoms with E-state index in [-0.39, 0.29) is 0 Å². The first-order chi connectivity index (χ1) is 7.75. The van der Waals surface area contributed by atoms with E-state index >= 15 is 0 Å². The molecule has 0 saturated carbocycles. The molecular formula is C13H18ClNO. The number of nitrogens with one attached hydrogen (secondary N) is 1. The monoisotopic (exact) mass is 239 g/mol. The molecule has 1 aromatic rings. The van der Waals surface area contributed by atoms with Crippen LogP contribution in [0.2, 0.25) is 5.02 Å². The van der Waals surface area contributed by atoms with Gasteiger partial charge in [0, 0.05) is 24.2 Å². The number of aryl methyl sites for hydroxylation is 1. The van der Waals surface area contributed by atoms with Crippen LogP contribution in [0.5, 0.6) is 0 Å². The Balaban J connectivity index is 1.86. The van der Waals surface area contributed by atoms with Crippen LogP contribution in [-0.2, 0) is 11.3 Å². The quantitative estimate of drug-likeness (QED) is 0.876. The third-order valence-corrected chi connectivity index (χ3v) is 3.40. The van der Waals surface area contributed by atoms with Crippen LogP contribution in [0.1, 0.15) is 24.0 Å². The van der Waals surface area contributed by atoms with Crippen LogP contribution in [0.15, 0.2) is 18.2 Å². The van der Waals surface area contributed by atoms with Gasteiger partial charge in [-0.25, -0.2) is 0 Å². The van der Waals surface area contributed by atoms with E-state index in [2.05, 4.69) is 17.4 Å². The Labute approximate surface area is 102 Å². The number of hydrogen-bond acceptors (Lipinski definition) is 2. The summed E-state index contributed by atoms with van der Waals surface area (Å²) in [7, 11) is 0. The van der Waals surface area contributed by atoms with Crippen LogP contribution in [0.3, 0.4) is 0 Å². The molecule has 1 aromatic carbocycles. The van der Waals surface area contributed by atoms with Crippen molar-refractivity contribution in [3.05, 3.63) is 34.3 Å². The van der Waals surface area contributed by atoms with E-state index in [0.717, 1.165) is 36.8 Å². The topological polar surface area (TPSA) is 21.3 Å². The van der Waals surface area contributed by atoms with Crippen molar-refractivity contribution in [2.75, 3.05) is 13.2 Å². The summed E-state index contributed by atoms with van der Waals surface area (Å²) in [6.45, 7) is 4.64. The van der Waals surface area contributed by atoms with Crippen molar-refractivity contribution in [2.24, 2.45) is 0 Å².